The van der Waals surface area contributed by atoms with Crippen molar-refractivity contribution in [3.63, 3.8) is 0 Å². The zero-order valence-corrected chi connectivity index (χ0v) is 12.7. The fourth-order valence-corrected chi connectivity index (χ4v) is 4.44. The van der Waals surface area contributed by atoms with E-state index in [1.165, 1.54) is 22.5 Å². The molecule has 1 saturated heterocycles. The van der Waals surface area contributed by atoms with Crippen molar-refractivity contribution in [3.8, 4) is 0 Å². The van der Waals surface area contributed by atoms with E-state index in [1.54, 1.807) is 0 Å². The summed E-state index contributed by atoms with van der Waals surface area (Å²) in [5.74, 6) is 0. The molecule has 2 atom stereocenters. The molecule has 1 aliphatic rings. The second-order valence-electron chi connectivity index (χ2n) is 4.58. The number of hydrogen-bond donors (Lipinski definition) is 0. The van der Waals surface area contributed by atoms with Gasteiger partial charge in [0.15, 0.2) is 0 Å². The Labute approximate surface area is 127 Å². The quantitative estimate of drug-likeness (QED) is 0.805. The number of sulfonamides is 1. The fourth-order valence-electron chi connectivity index (χ4n) is 2.15. The molecule has 3 nitrogen and oxygen atoms in total. The first-order valence-electron chi connectivity index (χ1n) is 6.02. The lowest BCUT2D eigenvalue weighted by atomic mass is 10.2. The minimum Gasteiger partial charge on any atom is -0.207 e. The maximum absolute atomic E-state index is 12.5. The molecule has 0 aliphatic carbocycles. The molecule has 1 fully saturated rings. The monoisotopic (exact) mass is 327 g/mol. The topological polar surface area (TPSA) is 37.1 Å². The molecule has 0 amide bonds. The highest BCUT2D eigenvalue weighted by atomic mass is 35.5. The lowest BCUT2D eigenvalue weighted by Gasteiger charge is -2.08. The van der Waals surface area contributed by atoms with Gasteiger partial charge in [-0.1, -0.05) is 53.5 Å². The zero-order valence-electron chi connectivity index (χ0n) is 10.3. The molecule has 104 valence electrons. The summed E-state index contributed by atoms with van der Waals surface area (Å²) >= 11 is 11.8. The summed E-state index contributed by atoms with van der Waals surface area (Å²) in [5.41, 5.74) is 0.987. The number of benzene rings is 2. The Morgan fingerprint density at radius 2 is 1.75 bits per heavy atom. The number of hydrogen-bond acceptors (Lipinski definition) is 2. The van der Waals surface area contributed by atoms with Crippen LogP contribution in [-0.2, 0) is 10.0 Å². The Kier molecular flexibility index (Phi) is 3.50. The van der Waals surface area contributed by atoms with Gasteiger partial charge in [0.05, 0.1) is 11.1 Å². The molecular weight excluding hydrogens is 317 g/mol. The molecule has 0 bridgehead atoms. The average molecular weight is 328 g/mol. The maximum Gasteiger partial charge on any atom is 0.245 e. The first-order valence-corrected chi connectivity index (χ1v) is 8.21. The molecule has 0 aromatic heterocycles. The molecule has 6 heteroatoms. The Morgan fingerprint density at radius 3 is 2.40 bits per heavy atom. The molecule has 0 radical (unpaired) electrons. The van der Waals surface area contributed by atoms with Crippen molar-refractivity contribution in [2.45, 2.75) is 10.9 Å². The van der Waals surface area contributed by atoms with Crippen molar-refractivity contribution in [2.24, 2.45) is 0 Å². The highest BCUT2D eigenvalue weighted by Gasteiger charge is 2.46. The standard InChI is InChI=1S/C14H11Cl2NO2S/c15-11-6-7-14(12(16)8-11)20(18,19)17-9-13(17)10-4-2-1-3-5-10/h1-8,13H,9H2/t13-,17?/m1/s1. The number of halogens is 2. The zero-order chi connectivity index (χ0) is 14.3. The van der Waals surface area contributed by atoms with Gasteiger partial charge in [-0.05, 0) is 23.8 Å². The molecule has 2 aromatic rings. The van der Waals surface area contributed by atoms with Crippen LogP contribution < -0.4 is 0 Å². The van der Waals surface area contributed by atoms with Gasteiger partial charge in [0.1, 0.15) is 4.90 Å². The van der Waals surface area contributed by atoms with Crippen LogP contribution in [0.1, 0.15) is 11.6 Å². The number of nitrogens with zero attached hydrogens (tertiary/aromatic N) is 1. The van der Waals surface area contributed by atoms with E-state index < -0.39 is 10.0 Å². The van der Waals surface area contributed by atoms with Crippen LogP contribution >= 0.6 is 23.2 Å². The molecule has 0 N–H and O–H groups in total. The second-order valence-corrected chi connectivity index (χ2v) is 7.28. The van der Waals surface area contributed by atoms with Crippen LogP contribution in [0, 0.1) is 0 Å². The van der Waals surface area contributed by atoms with Gasteiger partial charge in [-0.3, -0.25) is 0 Å². The fraction of sp³-hybridized carbons (Fsp3) is 0.143. The molecule has 2 aromatic carbocycles. The van der Waals surface area contributed by atoms with E-state index in [0.717, 1.165) is 5.56 Å². The smallest absolute Gasteiger partial charge is 0.207 e. The molecule has 20 heavy (non-hydrogen) atoms. The van der Waals surface area contributed by atoms with Crippen molar-refractivity contribution in [1.82, 2.24) is 4.31 Å². The average Bonchev–Trinajstić information content (AvgIpc) is 3.20. The van der Waals surface area contributed by atoms with Gasteiger partial charge in [-0.2, -0.15) is 4.31 Å². The predicted molar refractivity (Wildman–Crippen MR) is 79.5 cm³/mol. The second kappa shape index (κ2) is 5.04. The highest BCUT2D eigenvalue weighted by molar-refractivity contribution is 7.89. The Morgan fingerprint density at radius 1 is 1.05 bits per heavy atom. The molecule has 1 aliphatic heterocycles. The van der Waals surface area contributed by atoms with Gasteiger partial charge in [-0.15, -0.1) is 0 Å². The summed E-state index contributed by atoms with van der Waals surface area (Å²) in [7, 11) is -3.57. The van der Waals surface area contributed by atoms with E-state index in [1.807, 2.05) is 30.3 Å². The third-order valence-corrected chi connectivity index (χ3v) is 5.82. The van der Waals surface area contributed by atoms with E-state index in [4.69, 9.17) is 23.2 Å². The lowest BCUT2D eigenvalue weighted by Crippen LogP contribution is -2.13. The van der Waals surface area contributed by atoms with Gasteiger partial charge >= 0.3 is 0 Å². The summed E-state index contributed by atoms with van der Waals surface area (Å²) < 4.78 is 26.4. The van der Waals surface area contributed by atoms with E-state index in [-0.39, 0.29) is 16.0 Å². The van der Waals surface area contributed by atoms with Crippen LogP contribution in [0.5, 0.6) is 0 Å². The predicted octanol–water partition coefficient (Wildman–Crippen LogP) is 3.74. The molecule has 0 spiro atoms. The molecular formula is C14H11Cl2NO2S. The van der Waals surface area contributed by atoms with Crippen LogP contribution in [0.4, 0.5) is 0 Å². The summed E-state index contributed by atoms with van der Waals surface area (Å²) in [4.78, 5) is 0.0991. The first kappa shape index (κ1) is 13.9. The normalized spacial score (nSPS) is 21.7. The minimum atomic E-state index is -3.57. The van der Waals surface area contributed by atoms with Gasteiger partial charge < -0.3 is 0 Å². The molecule has 3 rings (SSSR count). The van der Waals surface area contributed by atoms with E-state index in [0.29, 0.717) is 11.6 Å². The van der Waals surface area contributed by atoms with E-state index in [2.05, 4.69) is 0 Å². The van der Waals surface area contributed by atoms with Crippen molar-refractivity contribution < 1.29 is 8.42 Å². The van der Waals surface area contributed by atoms with Gasteiger partial charge in [0.25, 0.3) is 0 Å². The van der Waals surface area contributed by atoms with Gasteiger partial charge in [0, 0.05) is 11.6 Å². The first-order chi connectivity index (χ1) is 9.50. The Hall–Kier alpha value is -1.07. The van der Waals surface area contributed by atoms with Crippen molar-refractivity contribution in [1.29, 1.82) is 0 Å². The summed E-state index contributed by atoms with van der Waals surface area (Å²) in [6, 6.07) is 13.8. The third-order valence-electron chi connectivity index (χ3n) is 3.23. The van der Waals surface area contributed by atoms with Crippen molar-refractivity contribution >= 4 is 33.2 Å². The lowest BCUT2D eigenvalue weighted by molar-refractivity contribution is 0.554. The van der Waals surface area contributed by atoms with E-state index in [9.17, 15) is 8.42 Å². The van der Waals surface area contributed by atoms with Crippen molar-refractivity contribution in [2.75, 3.05) is 6.54 Å². The highest BCUT2D eigenvalue weighted by Crippen LogP contribution is 2.41. The Bertz CT molecular complexity index is 747. The Balaban J connectivity index is 1.91. The van der Waals surface area contributed by atoms with Crippen LogP contribution in [0.25, 0.3) is 0 Å². The van der Waals surface area contributed by atoms with Gasteiger partial charge in [0.2, 0.25) is 10.0 Å². The van der Waals surface area contributed by atoms with E-state index >= 15 is 0 Å². The van der Waals surface area contributed by atoms with Crippen LogP contribution in [0.2, 0.25) is 10.0 Å². The van der Waals surface area contributed by atoms with Crippen molar-refractivity contribution in [3.05, 3.63) is 64.1 Å². The SMILES string of the molecule is O=S(=O)(c1ccc(Cl)cc1Cl)N1C[C@@H]1c1ccccc1. The van der Waals surface area contributed by atoms with Gasteiger partial charge in [-0.25, -0.2) is 8.42 Å². The number of rotatable bonds is 3. The molecule has 1 heterocycles. The van der Waals surface area contributed by atoms with Crippen LogP contribution in [-0.4, -0.2) is 19.3 Å². The summed E-state index contributed by atoms with van der Waals surface area (Å²) in [5, 5.41) is 0.565. The largest absolute Gasteiger partial charge is 0.245 e. The molecule has 1 unspecified atom stereocenters. The summed E-state index contributed by atoms with van der Waals surface area (Å²) in [6.07, 6.45) is 0. The molecule has 0 saturated carbocycles. The van der Waals surface area contributed by atoms with Crippen LogP contribution in [0.3, 0.4) is 0 Å². The summed E-state index contributed by atoms with van der Waals surface area (Å²) in [6.45, 7) is 0.477. The van der Waals surface area contributed by atoms with Crippen LogP contribution in [0.15, 0.2) is 53.4 Å². The third kappa shape index (κ3) is 2.44. The maximum atomic E-state index is 12.5. The minimum absolute atomic E-state index is 0.0991.